The van der Waals surface area contributed by atoms with Crippen molar-refractivity contribution in [2.45, 2.75) is 26.7 Å². The molecule has 3 nitrogen and oxygen atoms in total. The normalized spacial score (nSPS) is 10.3. The average molecular weight is 239 g/mol. The molecule has 0 amide bonds. The first-order valence-electron chi connectivity index (χ1n) is 5.88. The van der Waals surface area contributed by atoms with Crippen molar-refractivity contribution >= 4 is 11.7 Å². The number of anilines is 1. The summed E-state index contributed by atoms with van der Waals surface area (Å²) in [4.78, 5) is 12.7. The molecule has 0 saturated heterocycles. The molecule has 0 saturated carbocycles. The lowest BCUT2D eigenvalue weighted by Crippen LogP contribution is -2.24. The maximum atomic E-state index is 13.5. The molecule has 0 aliphatic carbocycles. The van der Waals surface area contributed by atoms with Crippen LogP contribution in [0, 0.1) is 5.82 Å². The molecule has 94 valence electrons. The van der Waals surface area contributed by atoms with E-state index in [-0.39, 0.29) is 5.56 Å². The van der Waals surface area contributed by atoms with Crippen LogP contribution in [0.5, 0.6) is 0 Å². The van der Waals surface area contributed by atoms with Crippen molar-refractivity contribution in [2.75, 3.05) is 18.0 Å². The van der Waals surface area contributed by atoms with Crippen LogP contribution in [0.1, 0.15) is 37.0 Å². The molecule has 1 N–H and O–H groups in total. The van der Waals surface area contributed by atoms with Crippen molar-refractivity contribution < 1.29 is 14.3 Å². The van der Waals surface area contributed by atoms with Gasteiger partial charge in [0.1, 0.15) is 5.82 Å². The summed E-state index contributed by atoms with van der Waals surface area (Å²) in [6.45, 7) is 5.74. The third-order valence-corrected chi connectivity index (χ3v) is 2.71. The monoisotopic (exact) mass is 239 g/mol. The summed E-state index contributed by atoms with van der Waals surface area (Å²) in [5, 5.41) is 8.74. The van der Waals surface area contributed by atoms with Crippen LogP contribution in [-0.4, -0.2) is 24.2 Å². The Balaban J connectivity index is 2.90. The van der Waals surface area contributed by atoms with Gasteiger partial charge in [-0.05, 0) is 31.5 Å². The molecule has 0 aliphatic heterocycles. The van der Waals surface area contributed by atoms with Crippen molar-refractivity contribution in [2.24, 2.45) is 0 Å². The molecule has 1 aromatic carbocycles. The van der Waals surface area contributed by atoms with E-state index in [9.17, 15) is 9.18 Å². The van der Waals surface area contributed by atoms with Gasteiger partial charge in [-0.2, -0.15) is 0 Å². The van der Waals surface area contributed by atoms with Crippen LogP contribution in [0.2, 0.25) is 0 Å². The Labute approximate surface area is 101 Å². The number of hydrogen-bond acceptors (Lipinski definition) is 2. The number of unbranched alkanes of at least 4 members (excludes halogenated alkanes) is 1. The summed E-state index contributed by atoms with van der Waals surface area (Å²) in [5.74, 6) is -1.91. The Morgan fingerprint density at radius 2 is 2.12 bits per heavy atom. The second-order valence-electron chi connectivity index (χ2n) is 3.90. The van der Waals surface area contributed by atoms with Gasteiger partial charge in [0.25, 0.3) is 0 Å². The lowest BCUT2D eigenvalue weighted by molar-refractivity contribution is 0.0692. The standard InChI is InChI=1S/C13H18FNO2/c1-3-5-8-15(4-2)10-6-7-11(13(16)17)12(14)9-10/h6-7,9H,3-5,8H2,1-2H3,(H,16,17). The zero-order valence-electron chi connectivity index (χ0n) is 10.2. The molecule has 1 aromatic rings. The van der Waals surface area contributed by atoms with Crippen molar-refractivity contribution in [3.63, 3.8) is 0 Å². The zero-order chi connectivity index (χ0) is 12.8. The van der Waals surface area contributed by atoms with E-state index in [2.05, 4.69) is 6.92 Å². The second kappa shape index (κ2) is 6.23. The van der Waals surface area contributed by atoms with Crippen LogP contribution in [0.25, 0.3) is 0 Å². The van der Waals surface area contributed by atoms with E-state index in [1.165, 1.54) is 12.1 Å². The van der Waals surface area contributed by atoms with Crippen molar-refractivity contribution in [3.8, 4) is 0 Å². The van der Waals surface area contributed by atoms with Gasteiger partial charge in [-0.15, -0.1) is 0 Å². The fourth-order valence-corrected chi connectivity index (χ4v) is 1.69. The van der Waals surface area contributed by atoms with E-state index < -0.39 is 11.8 Å². The van der Waals surface area contributed by atoms with Gasteiger partial charge < -0.3 is 10.0 Å². The summed E-state index contributed by atoms with van der Waals surface area (Å²) in [7, 11) is 0. The van der Waals surface area contributed by atoms with Crippen LogP contribution < -0.4 is 4.90 Å². The van der Waals surface area contributed by atoms with Gasteiger partial charge in [0.2, 0.25) is 0 Å². The molecule has 0 atom stereocenters. The van der Waals surface area contributed by atoms with Gasteiger partial charge >= 0.3 is 5.97 Å². The van der Waals surface area contributed by atoms with E-state index in [1.807, 2.05) is 11.8 Å². The van der Waals surface area contributed by atoms with E-state index in [1.54, 1.807) is 6.07 Å². The average Bonchev–Trinajstić information content (AvgIpc) is 2.29. The van der Waals surface area contributed by atoms with Crippen LogP contribution in [0.4, 0.5) is 10.1 Å². The minimum Gasteiger partial charge on any atom is -0.478 e. The highest BCUT2D eigenvalue weighted by atomic mass is 19.1. The number of hydrogen-bond donors (Lipinski definition) is 1. The Morgan fingerprint density at radius 1 is 1.41 bits per heavy atom. The Hall–Kier alpha value is -1.58. The largest absolute Gasteiger partial charge is 0.478 e. The molecule has 1 rings (SSSR count). The smallest absolute Gasteiger partial charge is 0.338 e. The number of carboxylic acid groups (broad SMARTS) is 1. The van der Waals surface area contributed by atoms with Crippen LogP contribution in [-0.2, 0) is 0 Å². The Morgan fingerprint density at radius 3 is 2.59 bits per heavy atom. The quantitative estimate of drug-likeness (QED) is 0.829. The predicted octanol–water partition coefficient (Wildman–Crippen LogP) is 3.15. The second-order valence-corrected chi connectivity index (χ2v) is 3.90. The first-order valence-corrected chi connectivity index (χ1v) is 5.88. The molecular weight excluding hydrogens is 221 g/mol. The number of benzene rings is 1. The molecular formula is C13H18FNO2. The maximum Gasteiger partial charge on any atom is 0.338 e. The van der Waals surface area contributed by atoms with E-state index in [4.69, 9.17) is 5.11 Å². The highest BCUT2D eigenvalue weighted by Gasteiger charge is 2.12. The lowest BCUT2D eigenvalue weighted by atomic mass is 10.1. The third-order valence-electron chi connectivity index (χ3n) is 2.71. The number of nitrogens with zero attached hydrogens (tertiary/aromatic N) is 1. The first-order chi connectivity index (χ1) is 8.10. The Bertz CT molecular complexity index is 393. The van der Waals surface area contributed by atoms with Crippen LogP contribution in [0.15, 0.2) is 18.2 Å². The number of carboxylic acids is 1. The molecule has 0 heterocycles. The van der Waals surface area contributed by atoms with Crippen LogP contribution in [0.3, 0.4) is 0 Å². The van der Waals surface area contributed by atoms with Gasteiger partial charge in [0, 0.05) is 18.8 Å². The lowest BCUT2D eigenvalue weighted by Gasteiger charge is -2.23. The summed E-state index contributed by atoms with van der Waals surface area (Å²) >= 11 is 0. The Kier molecular flexibility index (Phi) is 4.94. The number of carbonyl (C=O) groups is 1. The molecule has 0 radical (unpaired) electrons. The summed E-state index contributed by atoms with van der Waals surface area (Å²) in [5.41, 5.74) is 0.462. The zero-order valence-corrected chi connectivity index (χ0v) is 10.2. The molecule has 0 fully saturated rings. The third kappa shape index (κ3) is 3.44. The highest BCUT2D eigenvalue weighted by Crippen LogP contribution is 2.19. The van der Waals surface area contributed by atoms with E-state index in [0.717, 1.165) is 31.6 Å². The minimum absolute atomic E-state index is 0.278. The van der Waals surface area contributed by atoms with E-state index >= 15 is 0 Å². The fourth-order valence-electron chi connectivity index (χ4n) is 1.69. The molecule has 0 aliphatic rings. The molecule has 0 bridgehead atoms. The van der Waals surface area contributed by atoms with Gasteiger partial charge in [-0.3, -0.25) is 0 Å². The van der Waals surface area contributed by atoms with Crippen molar-refractivity contribution in [1.29, 1.82) is 0 Å². The summed E-state index contributed by atoms with van der Waals surface area (Å²) in [6.07, 6.45) is 2.11. The fraction of sp³-hybridized carbons (Fsp3) is 0.462. The number of aromatic carboxylic acids is 1. The summed E-state index contributed by atoms with van der Waals surface area (Å²) in [6, 6.07) is 4.27. The molecule has 0 spiro atoms. The van der Waals surface area contributed by atoms with Crippen molar-refractivity contribution in [3.05, 3.63) is 29.6 Å². The maximum absolute atomic E-state index is 13.5. The summed E-state index contributed by atoms with van der Waals surface area (Å²) < 4.78 is 13.5. The SMILES string of the molecule is CCCCN(CC)c1ccc(C(=O)O)c(F)c1. The highest BCUT2D eigenvalue weighted by molar-refractivity contribution is 5.88. The molecule has 0 aromatic heterocycles. The van der Waals surface area contributed by atoms with Crippen molar-refractivity contribution in [1.82, 2.24) is 0 Å². The molecule has 17 heavy (non-hydrogen) atoms. The molecule has 4 heteroatoms. The van der Waals surface area contributed by atoms with Crippen LogP contribution >= 0.6 is 0 Å². The van der Waals surface area contributed by atoms with Gasteiger partial charge in [0.05, 0.1) is 5.56 Å². The predicted molar refractivity (Wildman–Crippen MR) is 66.2 cm³/mol. The minimum atomic E-state index is -1.23. The van der Waals surface area contributed by atoms with Gasteiger partial charge in [-0.25, -0.2) is 9.18 Å². The topological polar surface area (TPSA) is 40.5 Å². The number of rotatable bonds is 6. The van der Waals surface area contributed by atoms with E-state index in [0.29, 0.717) is 0 Å². The van der Waals surface area contributed by atoms with Gasteiger partial charge in [0.15, 0.2) is 0 Å². The first kappa shape index (κ1) is 13.5. The van der Waals surface area contributed by atoms with Gasteiger partial charge in [-0.1, -0.05) is 13.3 Å². The molecule has 0 unspecified atom stereocenters. The number of halogens is 1.